The number of hydrogen-bond acceptors (Lipinski definition) is 4. The summed E-state index contributed by atoms with van der Waals surface area (Å²) in [6.07, 6.45) is 4.57. The van der Waals surface area contributed by atoms with E-state index in [0.717, 1.165) is 30.6 Å². The Hall–Kier alpha value is -0.920. The van der Waals surface area contributed by atoms with E-state index in [0.29, 0.717) is 12.1 Å². The third kappa shape index (κ3) is 3.16. The minimum atomic E-state index is -3.72. The van der Waals surface area contributed by atoms with Crippen LogP contribution in [0.3, 0.4) is 0 Å². The number of nitrogens with one attached hydrogen (secondary N) is 1. The Labute approximate surface area is 117 Å². The quantitative estimate of drug-likeness (QED) is 0.867. The van der Waals surface area contributed by atoms with Crippen molar-refractivity contribution in [3.63, 3.8) is 0 Å². The summed E-state index contributed by atoms with van der Waals surface area (Å²) in [6.45, 7) is 2.79. The molecule has 19 heavy (non-hydrogen) atoms. The predicted molar refractivity (Wildman–Crippen MR) is 74.6 cm³/mol. The van der Waals surface area contributed by atoms with Crippen molar-refractivity contribution in [1.82, 2.24) is 5.32 Å². The number of nitrogens with two attached hydrogens (primary N) is 1. The highest BCUT2D eigenvalue weighted by atomic mass is 32.2. The first kappa shape index (κ1) is 14.5. The van der Waals surface area contributed by atoms with Crippen LogP contribution in [0.25, 0.3) is 0 Å². The topological polar surface area (TPSA) is 89.3 Å². The fourth-order valence-electron chi connectivity index (χ4n) is 2.29. The van der Waals surface area contributed by atoms with Crippen LogP contribution in [0.15, 0.2) is 15.7 Å². The van der Waals surface area contributed by atoms with E-state index in [1.807, 2.05) is 0 Å². The second-order valence-corrected chi connectivity index (χ2v) is 7.79. The molecule has 1 aromatic rings. The summed E-state index contributed by atoms with van der Waals surface area (Å²) in [5.74, 6) is -0.231. The van der Waals surface area contributed by atoms with E-state index in [1.54, 1.807) is 0 Å². The highest BCUT2D eigenvalue weighted by Gasteiger charge is 2.35. The summed E-state index contributed by atoms with van der Waals surface area (Å²) in [6, 6.07) is 1.33. The third-order valence-corrected chi connectivity index (χ3v) is 6.29. The lowest BCUT2D eigenvalue weighted by Crippen LogP contribution is -2.41. The molecule has 1 amide bonds. The van der Waals surface area contributed by atoms with E-state index in [4.69, 9.17) is 5.14 Å². The summed E-state index contributed by atoms with van der Waals surface area (Å²) >= 11 is 0.970. The van der Waals surface area contributed by atoms with Gasteiger partial charge in [0.2, 0.25) is 10.0 Å². The molecule has 0 unspecified atom stereocenters. The van der Waals surface area contributed by atoms with E-state index >= 15 is 0 Å². The Bertz CT molecular complexity index is 568. The van der Waals surface area contributed by atoms with Crippen molar-refractivity contribution >= 4 is 27.3 Å². The van der Waals surface area contributed by atoms with Gasteiger partial charge in [0.05, 0.1) is 5.56 Å². The number of thiophene rings is 1. The van der Waals surface area contributed by atoms with Crippen molar-refractivity contribution < 1.29 is 13.2 Å². The molecular weight excluding hydrogens is 284 g/mol. The molecule has 106 valence electrons. The van der Waals surface area contributed by atoms with Crippen LogP contribution in [-0.2, 0) is 10.0 Å². The van der Waals surface area contributed by atoms with Gasteiger partial charge < -0.3 is 5.32 Å². The van der Waals surface area contributed by atoms with Crippen LogP contribution in [0.1, 0.15) is 43.0 Å². The standard InChI is InChI=1S/C12H18N2O3S2/c1-2-12(4-3-5-12)8-14-11(15)9-6-10(18-7-9)19(13,16)17/h6-7H,2-5,8H2,1H3,(H,14,15)(H2,13,16,17). The van der Waals surface area contributed by atoms with Gasteiger partial charge in [0.15, 0.2) is 0 Å². The van der Waals surface area contributed by atoms with E-state index in [-0.39, 0.29) is 15.5 Å². The first-order chi connectivity index (χ1) is 8.86. The molecule has 0 radical (unpaired) electrons. The van der Waals surface area contributed by atoms with Crippen molar-refractivity contribution in [2.75, 3.05) is 6.54 Å². The first-order valence-corrected chi connectivity index (χ1v) is 8.68. The van der Waals surface area contributed by atoms with Gasteiger partial charge in [-0.15, -0.1) is 11.3 Å². The molecule has 1 aromatic heterocycles. The van der Waals surface area contributed by atoms with Gasteiger partial charge in [0.25, 0.3) is 5.91 Å². The number of sulfonamides is 1. The number of rotatable bonds is 5. The Morgan fingerprint density at radius 2 is 2.21 bits per heavy atom. The highest BCUT2D eigenvalue weighted by molar-refractivity contribution is 7.91. The summed E-state index contributed by atoms with van der Waals surface area (Å²) < 4.78 is 22.3. The van der Waals surface area contributed by atoms with Crippen molar-refractivity contribution in [1.29, 1.82) is 0 Å². The lowest BCUT2D eigenvalue weighted by atomic mass is 9.67. The Balaban J connectivity index is 1.99. The smallest absolute Gasteiger partial charge is 0.252 e. The zero-order valence-corrected chi connectivity index (χ0v) is 12.4. The Kier molecular flexibility index (Phi) is 3.98. The molecule has 0 atom stereocenters. The van der Waals surface area contributed by atoms with Crippen LogP contribution in [0.2, 0.25) is 0 Å². The fourth-order valence-corrected chi connectivity index (χ4v) is 3.87. The monoisotopic (exact) mass is 302 g/mol. The molecule has 1 aliphatic carbocycles. The third-order valence-electron chi connectivity index (χ3n) is 3.91. The summed E-state index contributed by atoms with van der Waals surface area (Å²) in [7, 11) is -3.72. The highest BCUT2D eigenvalue weighted by Crippen LogP contribution is 2.43. The van der Waals surface area contributed by atoms with Gasteiger partial charge >= 0.3 is 0 Å². The lowest BCUT2D eigenvalue weighted by Gasteiger charge is -2.41. The van der Waals surface area contributed by atoms with Gasteiger partial charge in [-0.05, 0) is 30.7 Å². The van der Waals surface area contributed by atoms with E-state index in [9.17, 15) is 13.2 Å². The average molecular weight is 302 g/mol. The zero-order valence-electron chi connectivity index (χ0n) is 10.8. The van der Waals surface area contributed by atoms with Gasteiger partial charge in [-0.25, -0.2) is 13.6 Å². The van der Waals surface area contributed by atoms with Gasteiger partial charge in [0, 0.05) is 11.9 Å². The predicted octanol–water partition coefficient (Wildman–Crippen LogP) is 1.71. The number of hydrogen-bond donors (Lipinski definition) is 2. The summed E-state index contributed by atoms with van der Waals surface area (Å²) in [4.78, 5) is 11.9. The second kappa shape index (κ2) is 5.22. The molecule has 1 heterocycles. The minimum Gasteiger partial charge on any atom is -0.351 e. The molecule has 0 saturated heterocycles. The average Bonchev–Trinajstić information content (AvgIpc) is 2.76. The maximum absolute atomic E-state index is 11.9. The van der Waals surface area contributed by atoms with E-state index in [2.05, 4.69) is 12.2 Å². The Morgan fingerprint density at radius 1 is 1.53 bits per heavy atom. The van der Waals surface area contributed by atoms with Gasteiger partial charge in [-0.1, -0.05) is 13.3 Å². The lowest BCUT2D eigenvalue weighted by molar-refractivity contribution is 0.0850. The first-order valence-electron chi connectivity index (χ1n) is 6.26. The van der Waals surface area contributed by atoms with Gasteiger partial charge in [-0.2, -0.15) is 0 Å². The normalized spacial score (nSPS) is 17.8. The number of carbonyl (C=O) groups excluding carboxylic acids is 1. The van der Waals surface area contributed by atoms with Crippen molar-refractivity contribution in [3.8, 4) is 0 Å². The molecule has 0 bridgehead atoms. The van der Waals surface area contributed by atoms with Crippen molar-refractivity contribution in [2.45, 2.75) is 36.8 Å². The summed E-state index contributed by atoms with van der Waals surface area (Å²) in [5, 5.41) is 9.43. The van der Waals surface area contributed by atoms with E-state index in [1.165, 1.54) is 17.9 Å². The number of primary sulfonamides is 1. The van der Waals surface area contributed by atoms with Crippen LogP contribution in [-0.4, -0.2) is 20.9 Å². The molecule has 0 aromatic carbocycles. The molecule has 1 aliphatic rings. The molecule has 7 heteroatoms. The van der Waals surface area contributed by atoms with Crippen LogP contribution >= 0.6 is 11.3 Å². The minimum absolute atomic E-state index is 0.0199. The molecule has 0 aliphatic heterocycles. The fraction of sp³-hybridized carbons (Fsp3) is 0.583. The molecular formula is C12H18N2O3S2. The van der Waals surface area contributed by atoms with Crippen LogP contribution in [0.4, 0.5) is 0 Å². The molecule has 2 rings (SSSR count). The molecule has 0 spiro atoms. The van der Waals surface area contributed by atoms with Crippen molar-refractivity contribution in [2.24, 2.45) is 10.6 Å². The van der Waals surface area contributed by atoms with Gasteiger partial charge in [0.1, 0.15) is 4.21 Å². The molecule has 1 saturated carbocycles. The molecule has 5 nitrogen and oxygen atoms in total. The van der Waals surface area contributed by atoms with Crippen LogP contribution in [0, 0.1) is 5.41 Å². The molecule has 1 fully saturated rings. The largest absolute Gasteiger partial charge is 0.351 e. The van der Waals surface area contributed by atoms with Crippen LogP contribution in [0.5, 0.6) is 0 Å². The number of amides is 1. The summed E-state index contributed by atoms with van der Waals surface area (Å²) in [5.41, 5.74) is 0.605. The number of carbonyl (C=O) groups is 1. The maximum atomic E-state index is 11.9. The SMILES string of the molecule is CCC1(CNC(=O)c2csc(S(N)(=O)=O)c2)CCC1. The zero-order chi connectivity index (χ0) is 14.1. The maximum Gasteiger partial charge on any atom is 0.252 e. The second-order valence-electron chi connectivity index (χ2n) is 5.09. The van der Waals surface area contributed by atoms with Crippen LogP contribution < -0.4 is 10.5 Å². The van der Waals surface area contributed by atoms with E-state index < -0.39 is 10.0 Å². The molecule has 3 N–H and O–H groups in total. The van der Waals surface area contributed by atoms with Crippen molar-refractivity contribution in [3.05, 3.63) is 17.0 Å². The Morgan fingerprint density at radius 3 is 2.63 bits per heavy atom. The van der Waals surface area contributed by atoms with Gasteiger partial charge in [-0.3, -0.25) is 4.79 Å².